The molecule has 2 rings (SSSR count). The van der Waals surface area contributed by atoms with Crippen LogP contribution >= 0.6 is 11.3 Å². The molecule has 1 saturated heterocycles. The average molecular weight is 297 g/mol. The minimum Gasteiger partial charge on any atom is -0.373 e. The highest BCUT2D eigenvalue weighted by molar-refractivity contribution is 7.09. The molecule has 2 atom stereocenters. The Bertz CT molecular complexity index is 401. The van der Waals surface area contributed by atoms with Crippen LogP contribution < -0.4 is 5.32 Å². The summed E-state index contributed by atoms with van der Waals surface area (Å²) in [4.78, 5) is 18.3. The van der Waals surface area contributed by atoms with E-state index in [1.165, 1.54) is 0 Å². The van der Waals surface area contributed by atoms with E-state index in [9.17, 15) is 4.79 Å². The van der Waals surface area contributed by atoms with Crippen molar-refractivity contribution in [3.05, 3.63) is 16.6 Å². The maximum absolute atomic E-state index is 11.9. The van der Waals surface area contributed by atoms with Gasteiger partial charge in [0.25, 0.3) is 0 Å². The third-order valence-electron chi connectivity index (χ3n) is 3.24. The third-order valence-corrected chi connectivity index (χ3v) is 4.07. The summed E-state index contributed by atoms with van der Waals surface area (Å²) in [6, 6.07) is 0. The highest BCUT2D eigenvalue weighted by Gasteiger charge is 2.23. The molecule has 0 saturated carbocycles. The molecule has 6 heteroatoms. The van der Waals surface area contributed by atoms with Crippen LogP contribution in [0.5, 0.6) is 0 Å². The Morgan fingerprint density at radius 3 is 2.90 bits per heavy atom. The lowest BCUT2D eigenvalue weighted by atomic mass is 10.2. The van der Waals surface area contributed by atoms with E-state index in [0.717, 1.165) is 30.9 Å². The molecule has 1 amide bonds. The molecule has 0 unspecified atom stereocenters. The van der Waals surface area contributed by atoms with Crippen LogP contribution in [0.4, 0.5) is 0 Å². The molecule has 0 radical (unpaired) electrons. The predicted octanol–water partition coefficient (Wildman–Crippen LogP) is 1.30. The fourth-order valence-corrected chi connectivity index (χ4v) is 3.18. The summed E-state index contributed by atoms with van der Waals surface area (Å²) in [6.45, 7) is 6.94. The van der Waals surface area contributed by atoms with Crippen molar-refractivity contribution < 1.29 is 9.53 Å². The second-order valence-electron chi connectivity index (χ2n) is 5.33. The number of ether oxygens (including phenoxy) is 1. The quantitative estimate of drug-likeness (QED) is 0.804. The van der Waals surface area contributed by atoms with E-state index in [4.69, 9.17) is 4.74 Å². The van der Waals surface area contributed by atoms with Crippen LogP contribution in [-0.2, 0) is 16.0 Å². The van der Waals surface area contributed by atoms with Gasteiger partial charge in [-0.2, -0.15) is 0 Å². The molecule has 0 spiro atoms. The molecule has 1 aliphatic rings. The van der Waals surface area contributed by atoms with Crippen molar-refractivity contribution in [3.63, 3.8) is 0 Å². The van der Waals surface area contributed by atoms with E-state index in [-0.39, 0.29) is 18.1 Å². The van der Waals surface area contributed by atoms with Gasteiger partial charge in [-0.3, -0.25) is 9.69 Å². The number of morpholine rings is 1. The molecule has 5 nitrogen and oxygen atoms in total. The van der Waals surface area contributed by atoms with Gasteiger partial charge < -0.3 is 10.1 Å². The molecule has 20 heavy (non-hydrogen) atoms. The molecule has 2 heterocycles. The van der Waals surface area contributed by atoms with Crippen molar-refractivity contribution in [1.29, 1.82) is 0 Å². The van der Waals surface area contributed by atoms with Gasteiger partial charge in [-0.1, -0.05) is 0 Å². The van der Waals surface area contributed by atoms with Crippen LogP contribution in [0, 0.1) is 0 Å². The van der Waals surface area contributed by atoms with Crippen molar-refractivity contribution in [3.8, 4) is 0 Å². The minimum absolute atomic E-state index is 0.102. The van der Waals surface area contributed by atoms with Crippen LogP contribution in [0.25, 0.3) is 0 Å². The second kappa shape index (κ2) is 7.71. The first-order valence-electron chi connectivity index (χ1n) is 7.16. The number of carbonyl (C=O) groups is 1. The number of carbonyl (C=O) groups excluding carboxylic acids is 1. The SMILES string of the molecule is C[C@@H]1CN(CC(=O)NCCCc2nccs2)C[C@H](C)O1. The zero-order valence-corrected chi connectivity index (χ0v) is 13.0. The second-order valence-corrected chi connectivity index (χ2v) is 6.31. The van der Waals surface area contributed by atoms with Crippen LogP contribution in [0.2, 0.25) is 0 Å². The Balaban J connectivity index is 1.60. The molecule has 0 aromatic carbocycles. The summed E-state index contributed by atoms with van der Waals surface area (Å²) >= 11 is 1.66. The van der Waals surface area contributed by atoms with Crippen LogP contribution in [0.15, 0.2) is 11.6 Å². The summed E-state index contributed by atoms with van der Waals surface area (Å²) in [5, 5.41) is 6.09. The van der Waals surface area contributed by atoms with E-state index in [1.54, 1.807) is 11.3 Å². The fourth-order valence-electron chi connectivity index (χ4n) is 2.52. The first-order valence-corrected chi connectivity index (χ1v) is 8.04. The summed E-state index contributed by atoms with van der Waals surface area (Å²) in [7, 11) is 0. The van der Waals surface area contributed by atoms with Gasteiger partial charge >= 0.3 is 0 Å². The van der Waals surface area contributed by atoms with E-state index in [1.807, 2.05) is 11.6 Å². The summed E-state index contributed by atoms with van der Waals surface area (Å²) < 4.78 is 5.66. The highest BCUT2D eigenvalue weighted by Crippen LogP contribution is 2.10. The molecular formula is C14H23N3O2S. The minimum atomic E-state index is 0.102. The first-order chi connectivity index (χ1) is 9.63. The Morgan fingerprint density at radius 2 is 2.25 bits per heavy atom. The smallest absolute Gasteiger partial charge is 0.234 e. The molecule has 1 aromatic heterocycles. The first kappa shape index (κ1) is 15.4. The lowest BCUT2D eigenvalue weighted by Gasteiger charge is -2.34. The van der Waals surface area contributed by atoms with Gasteiger partial charge in [0, 0.05) is 37.6 Å². The van der Waals surface area contributed by atoms with Gasteiger partial charge in [-0.15, -0.1) is 11.3 Å². The maximum atomic E-state index is 11.9. The monoisotopic (exact) mass is 297 g/mol. The van der Waals surface area contributed by atoms with Crippen LogP contribution in [0.3, 0.4) is 0 Å². The fraction of sp³-hybridized carbons (Fsp3) is 0.714. The van der Waals surface area contributed by atoms with Gasteiger partial charge in [0.05, 0.1) is 23.8 Å². The number of amides is 1. The van der Waals surface area contributed by atoms with Gasteiger partial charge in [-0.05, 0) is 20.3 Å². The van der Waals surface area contributed by atoms with Crippen molar-refractivity contribution >= 4 is 17.2 Å². The number of nitrogens with zero attached hydrogens (tertiary/aromatic N) is 2. The molecule has 1 aliphatic heterocycles. The summed E-state index contributed by atoms with van der Waals surface area (Å²) in [5.41, 5.74) is 0. The predicted molar refractivity (Wildman–Crippen MR) is 79.9 cm³/mol. The van der Waals surface area contributed by atoms with Gasteiger partial charge in [0.15, 0.2) is 0 Å². The average Bonchev–Trinajstić information content (AvgIpc) is 2.86. The standard InChI is InChI=1S/C14H23N3O2S/c1-11-8-17(9-12(2)19-11)10-13(18)15-5-3-4-14-16-6-7-20-14/h6-7,11-12H,3-5,8-10H2,1-2H3,(H,15,18)/t11-,12+. The molecule has 1 fully saturated rings. The zero-order chi connectivity index (χ0) is 14.4. The number of hydrogen-bond donors (Lipinski definition) is 1. The van der Waals surface area contributed by atoms with Gasteiger partial charge in [0.1, 0.15) is 0 Å². The topological polar surface area (TPSA) is 54.5 Å². The molecule has 0 bridgehead atoms. The Hall–Kier alpha value is -0.980. The number of aromatic nitrogens is 1. The van der Waals surface area contributed by atoms with Crippen LogP contribution in [0.1, 0.15) is 25.3 Å². The molecule has 1 N–H and O–H groups in total. The van der Waals surface area contributed by atoms with E-state index < -0.39 is 0 Å². The number of nitrogens with one attached hydrogen (secondary N) is 1. The number of thiazole rings is 1. The maximum Gasteiger partial charge on any atom is 0.234 e. The largest absolute Gasteiger partial charge is 0.373 e. The molecule has 112 valence electrons. The van der Waals surface area contributed by atoms with Crippen molar-refractivity contribution in [2.75, 3.05) is 26.2 Å². The summed E-state index contributed by atoms with van der Waals surface area (Å²) in [6.07, 6.45) is 4.10. The van der Waals surface area contributed by atoms with E-state index in [2.05, 4.69) is 29.0 Å². The molecule has 1 aromatic rings. The third kappa shape index (κ3) is 5.19. The lowest BCUT2D eigenvalue weighted by molar-refractivity contribution is -0.125. The molecule has 0 aliphatic carbocycles. The summed E-state index contributed by atoms with van der Waals surface area (Å²) in [5.74, 6) is 0.102. The van der Waals surface area contributed by atoms with Gasteiger partial charge in [0.2, 0.25) is 5.91 Å². The zero-order valence-electron chi connectivity index (χ0n) is 12.2. The number of rotatable bonds is 6. The highest BCUT2D eigenvalue weighted by atomic mass is 32.1. The van der Waals surface area contributed by atoms with E-state index in [0.29, 0.717) is 13.1 Å². The lowest BCUT2D eigenvalue weighted by Crippen LogP contribution is -2.49. The van der Waals surface area contributed by atoms with Crippen molar-refractivity contribution in [2.24, 2.45) is 0 Å². The van der Waals surface area contributed by atoms with E-state index >= 15 is 0 Å². The van der Waals surface area contributed by atoms with Crippen molar-refractivity contribution in [1.82, 2.24) is 15.2 Å². The van der Waals surface area contributed by atoms with Crippen LogP contribution in [-0.4, -0.2) is 54.2 Å². The van der Waals surface area contributed by atoms with Gasteiger partial charge in [-0.25, -0.2) is 4.98 Å². The Labute approximate surface area is 124 Å². The number of aryl methyl sites for hydroxylation is 1. The normalized spacial score (nSPS) is 23.7. The number of hydrogen-bond acceptors (Lipinski definition) is 5. The van der Waals surface area contributed by atoms with Crippen molar-refractivity contribution in [2.45, 2.75) is 38.9 Å². The Kier molecular flexibility index (Phi) is 5.94. The Morgan fingerprint density at radius 1 is 1.50 bits per heavy atom. The molecular weight excluding hydrogens is 274 g/mol.